The second kappa shape index (κ2) is 18.3. The van der Waals surface area contributed by atoms with E-state index in [0.29, 0.717) is 33.2 Å². The average molecular weight is 727 g/mol. The lowest BCUT2D eigenvalue weighted by Crippen LogP contribution is -2.48. The minimum absolute atomic E-state index is 0.140. The van der Waals surface area contributed by atoms with Gasteiger partial charge in [-0.2, -0.15) is 5.26 Å². The van der Waals surface area contributed by atoms with E-state index in [9.17, 15) is 20.6 Å². The number of ether oxygens (including phenoxy) is 2. The number of aromatic nitrogens is 1. The number of hydrogen-bond acceptors (Lipinski definition) is 11. The molecule has 1 aliphatic heterocycles. The van der Waals surface area contributed by atoms with Crippen LogP contribution in [0, 0.1) is 23.7 Å². The summed E-state index contributed by atoms with van der Waals surface area (Å²) in [5.41, 5.74) is 6.52. The minimum atomic E-state index is -0.918. The Morgan fingerprint density at radius 3 is 2.56 bits per heavy atom. The van der Waals surface area contributed by atoms with Crippen LogP contribution in [0.5, 0.6) is 11.5 Å². The monoisotopic (exact) mass is 726 g/mol. The van der Waals surface area contributed by atoms with Gasteiger partial charge in [0.15, 0.2) is 0 Å². The van der Waals surface area contributed by atoms with Crippen LogP contribution in [-0.2, 0) is 19.8 Å². The second-order valence-corrected chi connectivity index (χ2v) is 13.8. The van der Waals surface area contributed by atoms with Gasteiger partial charge in [-0.3, -0.25) is 4.98 Å². The number of hydrogen-bond donors (Lipinski definition) is 6. The normalized spacial score (nSPS) is 14.6. The van der Waals surface area contributed by atoms with Crippen molar-refractivity contribution in [3.63, 3.8) is 0 Å². The molecular weight excluding hydrogens is 680 g/mol. The number of nitrogens with zero attached hydrogens (tertiary/aromatic N) is 3. The first kappa shape index (κ1) is 38.7. The largest absolute Gasteiger partial charge is 0.488 e. The van der Waals surface area contributed by atoms with E-state index in [1.54, 1.807) is 31.3 Å². The van der Waals surface area contributed by atoms with Crippen LogP contribution in [0.3, 0.4) is 0 Å². The minimum Gasteiger partial charge on any atom is -0.488 e. The first-order valence-corrected chi connectivity index (χ1v) is 17.8. The Morgan fingerprint density at radius 1 is 1.06 bits per heavy atom. The van der Waals surface area contributed by atoms with Crippen molar-refractivity contribution >= 4 is 23.5 Å². The van der Waals surface area contributed by atoms with Crippen molar-refractivity contribution in [2.24, 2.45) is 0 Å². The summed E-state index contributed by atoms with van der Waals surface area (Å²) in [7, 11) is 0. The zero-order valence-electron chi connectivity index (χ0n) is 29.7. The summed E-state index contributed by atoms with van der Waals surface area (Å²) in [6.07, 6.45) is 6.06. The lowest BCUT2D eigenvalue weighted by Gasteiger charge is -2.27. The van der Waals surface area contributed by atoms with Crippen LogP contribution in [0.2, 0.25) is 5.02 Å². The molecule has 0 unspecified atom stereocenters. The fourth-order valence-corrected chi connectivity index (χ4v) is 6.40. The summed E-state index contributed by atoms with van der Waals surface area (Å²) < 4.78 is 12.5. The number of likely N-dealkylation sites (tertiary alicyclic amines) is 1. The zero-order valence-corrected chi connectivity index (χ0v) is 30.4. The van der Waals surface area contributed by atoms with Crippen molar-refractivity contribution in [3.05, 3.63) is 105 Å². The van der Waals surface area contributed by atoms with Crippen molar-refractivity contribution in [1.82, 2.24) is 15.2 Å². The van der Waals surface area contributed by atoms with Crippen molar-refractivity contribution in [2.75, 3.05) is 44.7 Å². The molecule has 1 aliphatic rings. The molecule has 2 heterocycles. The topological polar surface area (TPSA) is 167 Å². The molecular formula is C40H47ClN6O5. The Labute approximate surface area is 310 Å². The number of benzene rings is 3. The number of nitrogens with one attached hydrogen (secondary N) is 3. The number of nitriles is 1. The lowest BCUT2D eigenvalue weighted by atomic mass is 9.92. The van der Waals surface area contributed by atoms with Gasteiger partial charge < -0.3 is 45.7 Å². The second-order valence-electron chi connectivity index (χ2n) is 13.4. The highest BCUT2D eigenvalue weighted by Crippen LogP contribution is 2.36. The van der Waals surface area contributed by atoms with E-state index < -0.39 is 5.54 Å². The molecule has 1 atom stereocenters. The van der Waals surface area contributed by atoms with Gasteiger partial charge in [0.2, 0.25) is 0 Å². The number of pyridine rings is 1. The van der Waals surface area contributed by atoms with Crippen LogP contribution >= 0.6 is 11.6 Å². The van der Waals surface area contributed by atoms with E-state index in [1.165, 1.54) is 12.4 Å². The van der Waals surface area contributed by atoms with Gasteiger partial charge in [-0.1, -0.05) is 41.9 Å². The van der Waals surface area contributed by atoms with Gasteiger partial charge in [0.1, 0.15) is 30.8 Å². The highest BCUT2D eigenvalue weighted by atomic mass is 35.5. The molecule has 6 N–H and O–H groups in total. The number of anilines is 1. The molecule has 0 aliphatic carbocycles. The number of aliphatic hydroxyl groups is 3. The van der Waals surface area contributed by atoms with Crippen LogP contribution in [0.15, 0.2) is 67.0 Å². The van der Waals surface area contributed by atoms with Gasteiger partial charge in [0, 0.05) is 73.2 Å². The van der Waals surface area contributed by atoms with E-state index >= 15 is 0 Å². The number of β-amino-alcohol motifs (C(OH)–C–C–N with tert-alkyl or cyclic N) is 1. The molecule has 11 nitrogen and oxygen atoms in total. The predicted octanol–water partition coefficient (Wildman–Crippen LogP) is 5.44. The molecule has 0 spiro atoms. The van der Waals surface area contributed by atoms with Crippen molar-refractivity contribution < 1.29 is 24.8 Å². The zero-order chi connectivity index (χ0) is 37.1. The smallest absolute Gasteiger partial charge is 0.142 e. The van der Waals surface area contributed by atoms with Gasteiger partial charge in [0.05, 0.1) is 35.4 Å². The summed E-state index contributed by atoms with van der Waals surface area (Å²) >= 11 is 6.76. The summed E-state index contributed by atoms with van der Waals surface area (Å²) in [5.74, 6) is 0.895. The molecule has 274 valence electrons. The molecule has 3 aromatic carbocycles. The lowest BCUT2D eigenvalue weighted by molar-refractivity contribution is 0.103. The first-order valence-electron chi connectivity index (χ1n) is 17.4. The van der Waals surface area contributed by atoms with Crippen molar-refractivity contribution in [2.45, 2.75) is 58.1 Å². The highest BCUT2D eigenvalue weighted by Gasteiger charge is 2.23. The summed E-state index contributed by atoms with van der Waals surface area (Å²) in [6.45, 7) is 7.16. The van der Waals surface area contributed by atoms with Gasteiger partial charge >= 0.3 is 0 Å². The molecule has 1 fully saturated rings. The molecule has 1 aromatic heterocycles. The van der Waals surface area contributed by atoms with E-state index in [1.807, 2.05) is 43.3 Å². The maximum Gasteiger partial charge on any atom is 0.142 e. The molecule has 5 rings (SSSR count). The first-order chi connectivity index (χ1) is 25.2. The van der Waals surface area contributed by atoms with Crippen molar-refractivity contribution in [3.8, 4) is 28.7 Å². The summed E-state index contributed by atoms with van der Waals surface area (Å²) in [4.78, 5) is 6.40. The molecule has 0 bridgehead atoms. The third-order valence-corrected chi connectivity index (χ3v) is 9.72. The highest BCUT2D eigenvalue weighted by molar-refractivity contribution is 6.32. The molecule has 52 heavy (non-hydrogen) atoms. The third-order valence-electron chi connectivity index (χ3n) is 9.42. The fourth-order valence-electron chi connectivity index (χ4n) is 6.16. The number of halogens is 1. The van der Waals surface area contributed by atoms with Crippen LogP contribution in [0.1, 0.15) is 53.1 Å². The maximum absolute atomic E-state index is 9.81. The van der Waals surface area contributed by atoms with Crippen LogP contribution in [0.4, 0.5) is 5.69 Å². The number of aliphatic hydroxyl groups excluding tert-OH is 3. The summed E-state index contributed by atoms with van der Waals surface area (Å²) in [5, 5.41) is 54.0. The molecule has 0 saturated carbocycles. The predicted molar refractivity (Wildman–Crippen MR) is 203 cm³/mol. The van der Waals surface area contributed by atoms with Gasteiger partial charge in [-0.15, -0.1) is 0 Å². The van der Waals surface area contributed by atoms with Crippen LogP contribution in [0.25, 0.3) is 11.1 Å². The van der Waals surface area contributed by atoms with E-state index in [2.05, 4.69) is 26.6 Å². The molecule has 4 aromatic rings. The Balaban J connectivity index is 1.33. The maximum atomic E-state index is 9.81. The molecule has 1 saturated heterocycles. The Bertz CT molecular complexity index is 1880. The van der Waals surface area contributed by atoms with Gasteiger partial charge in [-0.05, 0) is 73.7 Å². The fraction of sp³-hybridized carbons (Fsp3) is 0.375. The quantitative estimate of drug-likeness (QED) is 0.0574. The van der Waals surface area contributed by atoms with E-state index in [0.717, 1.165) is 72.5 Å². The molecule has 12 heteroatoms. The van der Waals surface area contributed by atoms with E-state index in [4.69, 9.17) is 26.5 Å². The third kappa shape index (κ3) is 9.86. The Kier molecular flexibility index (Phi) is 13.6. The van der Waals surface area contributed by atoms with Crippen LogP contribution in [-0.4, -0.2) is 82.5 Å². The number of rotatable bonds is 18. The molecule has 0 radical (unpaired) electrons. The SMILES string of the molecule is Cc1c(COc2cc(OCc3cncc(C#N)c3)c(CNC(C)(CO)CO)cc2Cl)cccc1-c1cccc(NCCCN2CC[C@@H](O)C2)c1C=N. The Hall–Kier alpha value is -4.54. The summed E-state index contributed by atoms with van der Waals surface area (Å²) in [6, 6.07) is 19.3. The standard InChI is InChI=1S/C40H47ClN6O5/c1-27-30(6-3-7-33(27)34-8-4-9-37(35(34)18-43)45-11-5-12-47-13-10-32(50)22-47)24-52-39-16-38(51-23-29-14-28(17-42)19-44-20-29)31(15-36(39)41)21-46-40(2,25-48)26-49/h3-4,6-9,14-16,18-20,32,43,45-46,48-50H,5,10-13,21-26H2,1-2H3/t32-/m1/s1. The van der Waals surface area contributed by atoms with Gasteiger partial charge in [0.25, 0.3) is 0 Å². The van der Waals surface area contributed by atoms with Gasteiger partial charge in [-0.25, -0.2) is 0 Å². The van der Waals surface area contributed by atoms with E-state index in [-0.39, 0.29) is 39.1 Å². The van der Waals surface area contributed by atoms with Crippen LogP contribution < -0.4 is 20.1 Å². The molecule has 0 amide bonds. The average Bonchev–Trinajstić information content (AvgIpc) is 3.59. The Morgan fingerprint density at radius 2 is 1.83 bits per heavy atom. The van der Waals surface area contributed by atoms with Crippen molar-refractivity contribution in [1.29, 1.82) is 10.7 Å².